The van der Waals surface area contributed by atoms with Gasteiger partial charge >= 0.3 is 0 Å². The van der Waals surface area contributed by atoms with Gasteiger partial charge in [-0.3, -0.25) is 10.1 Å². The summed E-state index contributed by atoms with van der Waals surface area (Å²) in [5.74, 6) is 0.703. The Morgan fingerprint density at radius 2 is 2.00 bits per heavy atom. The molecule has 20 heavy (non-hydrogen) atoms. The van der Waals surface area contributed by atoms with Gasteiger partial charge in [-0.25, -0.2) is 0 Å². The first-order chi connectivity index (χ1) is 9.58. The second kappa shape index (κ2) is 6.16. The van der Waals surface area contributed by atoms with Crippen LogP contribution < -0.4 is 10.5 Å². The SMILES string of the molecule is CC(N)c1ccccc1OCc1cccc([N+](=O)[O-])c1. The smallest absolute Gasteiger partial charge is 0.269 e. The molecule has 2 rings (SSSR count). The molecular formula is C15H16N2O3. The number of non-ortho nitro benzene ring substituents is 1. The molecule has 2 aromatic carbocycles. The van der Waals surface area contributed by atoms with Crippen LogP contribution in [-0.4, -0.2) is 4.92 Å². The number of nitro groups is 1. The number of benzene rings is 2. The Hall–Kier alpha value is -2.40. The van der Waals surface area contributed by atoms with Crippen LogP contribution in [0.15, 0.2) is 48.5 Å². The van der Waals surface area contributed by atoms with E-state index in [1.165, 1.54) is 12.1 Å². The van der Waals surface area contributed by atoms with Crippen molar-refractivity contribution in [2.45, 2.75) is 19.6 Å². The molecule has 0 heterocycles. The van der Waals surface area contributed by atoms with E-state index in [0.717, 1.165) is 11.1 Å². The third kappa shape index (κ3) is 3.33. The van der Waals surface area contributed by atoms with Crippen molar-refractivity contribution >= 4 is 5.69 Å². The first-order valence-corrected chi connectivity index (χ1v) is 6.28. The van der Waals surface area contributed by atoms with Crippen LogP contribution in [0.3, 0.4) is 0 Å². The summed E-state index contributed by atoms with van der Waals surface area (Å²) in [7, 11) is 0. The minimum absolute atomic E-state index is 0.0616. The Kier molecular flexibility index (Phi) is 4.32. The van der Waals surface area contributed by atoms with E-state index in [1.807, 2.05) is 31.2 Å². The average molecular weight is 272 g/mol. The van der Waals surface area contributed by atoms with Crippen LogP contribution in [0.5, 0.6) is 5.75 Å². The van der Waals surface area contributed by atoms with Crippen molar-refractivity contribution in [1.29, 1.82) is 0 Å². The van der Waals surface area contributed by atoms with Crippen LogP contribution in [0.2, 0.25) is 0 Å². The van der Waals surface area contributed by atoms with Gasteiger partial charge in [0.05, 0.1) is 4.92 Å². The summed E-state index contributed by atoms with van der Waals surface area (Å²) in [5.41, 5.74) is 7.60. The van der Waals surface area contributed by atoms with Gasteiger partial charge in [0.25, 0.3) is 5.69 Å². The largest absolute Gasteiger partial charge is 0.489 e. The van der Waals surface area contributed by atoms with Gasteiger partial charge < -0.3 is 10.5 Å². The highest BCUT2D eigenvalue weighted by Gasteiger charge is 2.09. The Morgan fingerprint density at radius 1 is 1.25 bits per heavy atom. The second-order valence-corrected chi connectivity index (χ2v) is 4.54. The number of rotatable bonds is 5. The summed E-state index contributed by atoms with van der Waals surface area (Å²) in [5, 5.41) is 10.7. The molecule has 1 unspecified atom stereocenters. The maximum Gasteiger partial charge on any atom is 0.269 e. The number of para-hydroxylation sites is 1. The van der Waals surface area contributed by atoms with Crippen molar-refractivity contribution in [3.8, 4) is 5.75 Å². The summed E-state index contributed by atoms with van der Waals surface area (Å²) in [6.07, 6.45) is 0. The molecule has 0 spiro atoms. The van der Waals surface area contributed by atoms with Crippen LogP contribution in [0, 0.1) is 10.1 Å². The van der Waals surface area contributed by atoms with Crippen LogP contribution in [0.25, 0.3) is 0 Å². The predicted octanol–water partition coefficient (Wildman–Crippen LogP) is 3.19. The zero-order valence-electron chi connectivity index (χ0n) is 11.2. The topological polar surface area (TPSA) is 78.4 Å². The van der Waals surface area contributed by atoms with Gasteiger partial charge in [0.1, 0.15) is 12.4 Å². The number of hydrogen-bond donors (Lipinski definition) is 1. The van der Waals surface area contributed by atoms with E-state index in [1.54, 1.807) is 12.1 Å². The van der Waals surface area contributed by atoms with Crippen molar-refractivity contribution in [1.82, 2.24) is 0 Å². The minimum Gasteiger partial charge on any atom is -0.489 e. The molecule has 0 aliphatic heterocycles. The predicted molar refractivity (Wildman–Crippen MR) is 76.5 cm³/mol. The maximum absolute atomic E-state index is 10.7. The monoisotopic (exact) mass is 272 g/mol. The molecule has 0 aromatic heterocycles. The summed E-state index contributed by atoms with van der Waals surface area (Å²) in [6.45, 7) is 2.15. The van der Waals surface area contributed by atoms with Crippen molar-refractivity contribution in [3.63, 3.8) is 0 Å². The summed E-state index contributed by atoms with van der Waals surface area (Å²) < 4.78 is 5.72. The van der Waals surface area contributed by atoms with Crippen molar-refractivity contribution in [2.24, 2.45) is 5.73 Å². The lowest BCUT2D eigenvalue weighted by Gasteiger charge is -2.13. The van der Waals surface area contributed by atoms with E-state index in [4.69, 9.17) is 10.5 Å². The van der Waals surface area contributed by atoms with Gasteiger partial charge in [-0.2, -0.15) is 0 Å². The molecule has 5 heteroatoms. The third-order valence-electron chi connectivity index (χ3n) is 2.93. The quantitative estimate of drug-likeness (QED) is 0.669. The highest BCUT2D eigenvalue weighted by Crippen LogP contribution is 2.24. The normalized spacial score (nSPS) is 11.9. The van der Waals surface area contributed by atoms with Gasteiger partial charge in [0.2, 0.25) is 0 Å². The number of hydrogen-bond acceptors (Lipinski definition) is 4. The summed E-state index contributed by atoms with van der Waals surface area (Å²) >= 11 is 0. The molecule has 0 aliphatic carbocycles. The van der Waals surface area contributed by atoms with E-state index in [-0.39, 0.29) is 18.3 Å². The van der Waals surface area contributed by atoms with Crippen LogP contribution in [0.1, 0.15) is 24.1 Å². The highest BCUT2D eigenvalue weighted by atomic mass is 16.6. The van der Waals surface area contributed by atoms with E-state index in [2.05, 4.69) is 0 Å². The fourth-order valence-electron chi connectivity index (χ4n) is 1.91. The molecule has 5 nitrogen and oxygen atoms in total. The zero-order chi connectivity index (χ0) is 14.5. The minimum atomic E-state index is -0.417. The highest BCUT2D eigenvalue weighted by molar-refractivity contribution is 5.37. The van der Waals surface area contributed by atoms with E-state index in [0.29, 0.717) is 5.75 Å². The summed E-state index contributed by atoms with van der Waals surface area (Å²) in [4.78, 5) is 10.3. The van der Waals surface area contributed by atoms with Crippen LogP contribution in [-0.2, 0) is 6.61 Å². The lowest BCUT2D eigenvalue weighted by Crippen LogP contribution is -2.08. The van der Waals surface area contributed by atoms with Crippen molar-refractivity contribution in [2.75, 3.05) is 0 Å². The molecule has 0 aliphatic rings. The van der Waals surface area contributed by atoms with Crippen LogP contribution >= 0.6 is 0 Å². The maximum atomic E-state index is 10.7. The lowest BCUT2D eigenvalue weighted by molar-refractivity contribution is -0.384. The molecule has 1 atom stereocenters. The molecule has 0 saturated heterocycles. The Balaban J connectivity index is 2.13. The number of nitro benzene ring substituents is 1. The molecule has 0 amide bonds. The average Bonchev–Trinajstić information content (AvgIpc) is 2.45. The van der Waals surface area contributed by atoms with Crippen molar-refractivity contribution in [3.05, 3.63) is 69.8 Å². The van der Waals surface area contributed by atoms with Crippen LogP contribution in [0.4, 0.5) is 5.69 Å². The van der Waals surface area contributed by atoms with Gasteiger partial charge in [0, 0.05) is 23.7 Å². The first kappa shape index (κ1) is 14.0. The second-order valence-electron chi connectivity index (χ2n) is 4.54. The Morgan fingerprint density at radius 3 is 2.70 bits per heavy atom. The molecule has 0 radical (unpaired) electrons. The molecule has 104 valence electrons. The van der Waals surface area contributed by atoms with E-state index in [9.17, 15) is 10.1 Å². The van der Waals surface area contributed by atoms with Gasteiger partial charge in [-0.05, 0) is 18.6 Å². The fourth-order valence-corrected chi connectivity index (χ4v) is 1.91. The van der Waals surface area contributed by atoms with Gasteiger partial charge in [-0.15, -0.1) is 0 Å². The first-order valence-electron chi connectivity index (χ1n) is 6.28. The van der Waals surface area contributed by atoms with E-state index >= 15 is 0 Å². The lowest BCUT2D eigenvalue weighted by atomic mass is 10.1. The fraction of sp³-hybridized carbons (Fsp3) is 0.200. The molecule has 0 fully saturated rings. The number of nitrogens with two attached hydrogens (primary N) is 1. The van der Waals surface area contributed by atoms with Gasteiger partial charge in [0.15, 0.2) is 0 Å². The van der Waals surface area contributed by atoms with E-state index < -0.39 is 4.92 Å². The molecule has 0 bridgehead atoms. The number of ether oxygens (including phenoxy) is 1. The Labute approximate surface area is 117 Å². The Bertz CT molecular complexity index is 612. The molecule has 2 aromatic rings. The standard InChI is InChI=1S/C15H16N2O3/c1-11(16)14-7-2-3-8-15(14)20-10-12-5-4-6-13(9-12)17(18)19/h2-9,11H,10,16H2,1H3. The van der Waals surface area contributed by atoms with Gasteiger partial charge in [-0.1, -0.05) is 30.3 Å². The number of nitrogens with zero attached hydrogens (tertiary/aromatic N) is 1. The molecule has 0 saturated carbocycles. The molecule has 2 N–H and O–H groups in total. The van der Waals surface area contributed by atoms with Crippen molar-refractivity contribution < 1.29 is 9.66 Å². The molecular weight excluding hydrogens is 256 g/mol. The summed E-state index contributed by atoms with van der Waals surface area (Å²) in [6, 6.07) is 13.8. The zero-order valence-corrected chi connectivity index (χ0v) is 11.2. The third-order valence-corrected chi connectivity index (χ3v) is 2.93.